The van der Waals surface area contributed by atoms with E-state index in [1.54, 1.807) is 0 Å². The number of carbonyl (C=O) groups is 1. The molecular formula is C10H15NO3S. The van der Waals surface area contributed by atoms with Gasteiger partial charge >= 0.3 is 0 Å². The van der Waals surface area contributed by atoms with Gasteiger partial charge in [0.05, 0.1) is 11.5 Å². The average Bonchev–Trinajstić information content (AvgIpc) is 2.34. The molecule has 3 fully saturated rings. The molecule has 3 aliphatic rings. The summed E-state index contributed by atoms with van der Waals surface area (Å²) in [6.07, 6.45) is 3.44. The average molecular weight is 229 g/mol. The zero-order valence-corrected chi connectivity index (χ0v) is 9.37. The molecule has 2 atom stereocenters. The third kappa shape index (κ3) is 1.52. The summed E-state index contributed by atoms with van der Waals surface area (Å²) in [7, 11) is -2.74. The fraction of sp³-hybridized carbons (Fsp3) is 0.900. The van der Waals surface area contributed by atoms with E-state index in [9.17, 15) is 13.2 Å². The normalized spacial score (nSPS) is 40.4. The van der Waals surface area contributed by atoms with Gasteiger partial charge in [-0.05, 0) is 12.8 Å². The van der Waals surface area contributed by atoms with E-state index in [2.05, 4.69) is 4.90 Å². The van der Waals surface area contributed by atoms with Crippen molar-refractivity contribution in [2.45, 2.75) is 43.8 Å². The smallest absolute Gasteiger partial charge is 0.153 e. The van der Waals surface area contributed by atoms with E-state index in [-0.39, 0.29) is 6.04 Å². The fourth-order valence-corrected chi connectivity index (χ4v) is 4.73. The lowest BCUT2D eigenvalue weighted by Gasteiger charge is -2.43. The quantitative estimate of drug-likeness (QED) is 0.634. The monoisotopic (exact) mass is 229 g/mol. The van der Waals surface area contributed by atoms with Gasteiger partial charge in [0.1, 0.15) is 5.78 Å². The molecule has 3 heterocycles. The second-order valence-electron chi connectivity index (χ2n) is 5.01. The number of hydrogen-bond donors (Lipinski definition) is 0. The number of ketones is 1. The van der Waals surface area contributed by atoms with Gasteiger partial charge in [-0.15, -0.1) is 0 Å². The third-order valence-electron chi connectivity index (χ3n) is 3.92. The molecule has 3 aliphatic heterocycles. The van der Waals surface area contributed by atoms with Crippen LogP contribution in [0.25, 0.3) is 0 Å². The molecule has 0 N–H and O–H groups in total. The minimum Gasteiger partial charge on any atom is -0.300 e. The Morgan fingerprint density at radius 3 is 2.00 bits per heavy atom. The molecule has 3 saturated heterocycles. The first kappa shape index (κ1) is 9.78. The van der Waals surface area contributed by atoms with E-state index >= 15 is 0 Å². The van der Waals surface area contributed by atoms with Gasteiger partial charge in [0.15, 0.2) is 9.84 Å². The van der Waals surface area contributed by atoms with Crippen LogP contribution in [0.15, 0.2) is 0 Å². The van der Waals surface area contributed by atoms with Crippen LogP contribution in [0.5, 0.6) is 0 Å². The van der Waals surface area contributed by atoms with Crippen LogP contribution in [-0.2, 0) is 14.6 Å². The van der Waals surface area contributed by atoms with Gasteiger partial charge < -0.3 is 0 Å². The fourth-order valence-electron chi connectivity index (χ4n) is 3.31. The first-order valence-corrected chi connectivity index (χ1v) is 7.37. The zero-order valence-electron chi connectivity index (χ0n) is 8.55. The lowest BCUT2D eigenvalue weighted by atomic mass is 9.99. The van der Waals surface area contributed by atoms with Crippen LogP contribution in [0, 0.1) is 0 Å². The Morgan fingerprint density at radius 1 is 1.00 bits per heavy atom. The molecular weight excluding hydrogens is 214 g/mol. The molecule has 2 unspecified atom stereocenters. The molecule has 0 aromatic carbocycles. The number of piperidine rings is 1. The molecule has 0 saturated carbocycles. The first-order chi connectivity index (χ1) is 7.05. The predicted molar refractivity (Wildman–Crippen MR) is 55.3 cm³/mol. The highest BCUT2D eigenvalue weighted by Gasteiger charge is 2.48. The molecule has 0 spiro atoms. The van der Waals surface area contributed by atoms with Gasteiger partial charge in [0, 0.05) is 31.0 Å². The van der Waals surface area contributed by atoms with E-state index < -0.39 is 9.84 Å². The summed E-state index contributed by atoms with van der Waals surface area (Å²) in [5.41, 5.74) is 0. The standard InChI is InChI=1S/C10H15NO3S/c12-10-3-7-1-2-8(4-10)11(7)9-5-15(13,14)6-9/h7-9H,1-6H2. The topological polar surface area (TPSA) is 54.5 Å². The van der Waals surface area contributed by atoms with Gasteiger partial charge in [0.25, 0.3) is 0 Å². The Hall–Kier alpha value is -0.420. The second-order valence-corrected chi connectivity index (χ2v) is 7.16. The van der Waals surface area contributed by atoms with E-state index in [0.29, 0.717) is 42.2 Å². The zero-order chi connectivity index (χ0) is 10.6. The third-order valence-corrected chi connectivity index (χ3v) is 5.70. The summed E-state index contributed by atoms with van der Waals surface area (Å²) in [4.78, 5) is 13.7. The van der Waals surface area contributed by atoms with Crippen LogP contribution in [0.1, 0.15) is 25.7 Å². The number of carbonyl (C=O) groups excluding carboxylic acids is 1. The highest BCUT2D eigenvalue weighted by atomic mass is 32.2. The Kier molecular flexibility index (Phi) is 1.98. The molecule has 4 nitrogen and oxygen atoms in total. The van der Waals surface area contributed by atoms with Crippen LogP contribution < -0.4 is 0 Å². The van der Waals surface area contributed by atoms with E-state index in [4.69, 9.17) is 0 Å². The summed E-state index contributed by atoms with van der Waals surface area (Å²) in [5.74, 6) is 0.989. The number of hydrogen-bond acceptors (Lipinski definition) is 4. The molecule has 5 heteroatoms. The highest BCUT2D eigenvalue weighted by molar-refractivity contribution is 7.92. The molecule has 84 valence electrons. The van der Waals surface area contributed by atoms with E-state index in [0.717, 1.165) is 12.8 Å². The van der Waals surface area contributed by atoms with Crippen molar-refractivity contribution in [2.75, 3.05) is 11.5 Å². The molecule has 2 bridgehead atoms. The van der Waals surface area contributed by atoms with Crippen LogP contribution in [0.3, 0.4) is 0 Å². The van der Waals surface area contributed by atoms with Crippen LogP contribution in [0.4, 0.5) is 0 Å². The summed E-state index contributed by atoms with van der Waals surface area (Å²) in [6, 6.07) is 0.897. The maximum Gasteiger partial charge on any atom is 0.153 e. The maximum atomic E-state index is 11.4. The SMILES string of the molecule is O=C1CC2CCC(C1)N2C1CS(=O)(=O)C1. The van der Waals surface area contributed by atoms with Crippen molar-refractivity contribution in [1.82, 2.24) is 4.90 Å². The molecule has 0 aromatic rings. The molecule has 15 heavy (non-hydrogen) atoms. The van der Waals surface area contributed by atoms with Gasteiger partial charge in [-0.2, -0.15) is 0 Å². The van der Waals surface area contributed by atoms with Crippen LogP contribution >= 0.6 is 0 Å². The van der Waals surface area contributed by atoms with Gasteiger partial charge in [-0.25, -0.2) is 8.42 Å². The van der Waals surface area contributed by atoms with Crippen molar-refractivity contribution < 1.29 is 13.2 Å². The van der Waals surface area contributed by atoms with Crippen molar-refractivity contribution in [3.8, 4) is 0 Å². The summed E-state index contributed by atoms with van der Waals surface area (Å²) in [5, 5.41) is 0. The Morgan fingerprint density at radius 2 is 1.53 bits per heavy atom. The summed E-state index contributed by atoms with van der Waals surface area (Å²) < 4.78 is 22.3. The van der Waals surface area contributed by atoms with Crippen LogP contribution in [0.2, 0.25) is 0 Å². The van der Waals surface area contributed by atoms with Gasteiger partial charge in [0.2, 0.25) is 0 Å². The van der Waals surface area contributed by atoms with E-state index in [1.807, 2.05) is 0 Å². The minimum atomic E-state index is -2.74. The van der Waals surface area contributed by atoms with Gasteiger partial charge in [-0.3, -0.25) is 9.69 Å². The molecule has 0 radical (unpaired) electrons. The largest absolute Gasteiger partial charge is 0.300 e. The van der Waals surface area contributed by atoms with Crippen molar-refractivity contribution >= 4 is 15.6 Å². The van der Waals surface area contributed by atoms with Crippen molar-refractivity contribution in [2.24, 2.45) is 0 Å². The minimum absolute atomic E-state index is 0.209. The molecule has 0 aliphatic carbocycles. The van der Waals surface area contributed by atoms with Gasteiger partial charge in [-0.1, -0.05) is 0 Å². The lowest BCUT2D eigenvalue weighted by molar-refractivity contribution is -0.124. The number of nitrogens with zero attached hydrogens (tertiary/aromatic N) is 1. The Bertz CT molecular complexity index is 375. The first-order valence-electron chi connectivity index (χ1n) is 5.55. The van der Waals surface area contributed by atoms with Crippen molar-refractivity contribution in [1.29, 1.82) is 0 Å². The number of Topliss-reactive ketones (excluding diaryl/α,β-unsaturated/α-hetero) is 1. The summed E-state index contributed by atoms with van der Waals surface area (Å²) >= 11 is 0. The highest BCUT2D eigenvalue weighted by Crippen LogP contribution is 2.38. The lowest BCUT2D eigenvalue weighted by Crippen LogP contribution is -2.59. The Balaban J connectivity index is 1.76. The second kappa shape index (κ2) is 3.04. The number of rotatable bonds is 1. The van der Waals surface area contributed by atoms with Crippen LogP contribution in [-0.4, -0.2) is 48.7 Å². The number of fused-ring (bicyclic) bond motifs is 2. The van der Waals surface area contributed by atoms with Crippen molar-refractivity contribution in [3.05, 3.63) is 0 Å². The predicted octanol–water partition coefficient (Wildman–Crippen LogP) is -0.0207. The molecule has 3 rings (SSSR count). The molecule has 0 amide bonds. The van der Waals surface area contributed by atoms with Crippen molar-refractivity contribution in [3.63, 3.8) is 0 Å². The number of sulfone groups is 1. The Labute approximate surface area is 89.6 Å². The molecule has 0 aromatic heterocycles. The summed E-state index contributed by atoms with van der Waals surface area (Å²) in [6.45, 7) is 0. The maximum absolute atomic E-state index is 11.4. The van der Waals surface area contributed by atoms with E-state index in [1.165, 1.54) is 0 Å².